The second kappa shape index (κ2) is 7.76. The molecule has 0 unspecified atom stereocenters. The summed E-state index contributed by atoms with van der Waals surface area (Å²) in [7, 11) is 0. The third-order valence-corrected chi connectivity index (χ3v) is 5.07. The van der Waals surface area contributed by atoms with Crippen LogP contribution in [0.2, 0.25) is 0 Å². The molecule has 3 aromatic rings. The fraction of sp³-hybridized carbons (Fsp3) is 0. The number of benzene rings is 2. The quantitative estimate of drug-likeness (QED) is 0.635. The van der Waals surface area contributed by atoms with E-state index in [9.17, 15) is 14.0 Å². The summed E-state index contributed by atoms with van der Waals surface area (Å²) in [5.74, 6) is -1.61. The summed E-state index contributed by atoms with van der Waals surface area (Å²) in [6.07, 6.45) is 3.56. The van der Waals surface area contributed by atoms with Gasteiger partial charge in [0.25, 0.3) is 5.91 Å². The van der Waals surface area contributed by atoms with E-state index in [-0.39, 0.29) is 17.3 Å². The molecular weight excluding hydrogens is 393 g/mol. The van der Waals surface area contributed by atoms with Gasteiger partial charge in [0.2, 0.25) is 0 Å². The molecule has 2 aromatic carbocycles. The van der Waals surface area contributed by atoms with E-state index in [0.29, 0.717) is 15.8 Å². The van der Waals surface area contributed by atoms with E-state index in [1.54, 1.807) is 18.2 Å². The van der Waals surface area contributed by atoms with E-state index < -0.39 is 5.97 Å². The van der Waals surface area contributed by atoms with Crippen molar-refractivity contribution in [3.05, 3.63) is 88.8 Å². The van der Waals surface area contributed by atoms with Gasteiger partial charge in [-0.25, -0.2) is 14.2 Å². The average Bonchev–Trinajstić information content (AvgIpc) is 3.30. The Morgan fingerprint density at radius 2 is 1.83 bits per heavy atom. The lowest BCUT2D eigenvalue weighted by Crippen LogP contribution is -2.19. The molecule has 2 heterocycles. The van der Waals surface area contributed by atoms with Crippen LogP contribution in [-0.4, -0.2) is 26.7 Å². The molecule has 0 bridgehead atoms. The van der Waals surface area contributed by atoms with Crippen LogP contribution in [0, 0.1) is 5.82 Å². The first-order valence-corrected chi connectivity index (χ1v) is 9.37. The van der Waals surface area contributed by atoms with Gasteiger partial charge in [0.1, 0.15) is 5.82 Å². The van der Waals surface area contributed by atoms with Gasteiger partial charge >= 0.3 is 5.97 Å². The highest BCUT2D eigenvalue weighted by atomic mass is 32.2. The Morgan fingerprint density at radius 3 is 2.52 bits per heavy atom. The molecule has 0 radical (unpaired) electrons. The van der Waals surface area contributed by atoms with Gasteiger partial charge < -0.3 is 15.0 Å². The summed E-state index contributed by atoms with van der Waals surface area (Å²) in [5, 5.41) is 12.1. The Bertz CT molecular complexity index is 1150. The molecule has 1 aromatic heterocycles. The minimum absolute atomic E-state index is 0.202. The van der Waals surface area contributed by atoms with Crippen LogP contribution < -0.4 is 5.32 Å². The number of amidine groups is 1. The van der Waals surface area contributed by atoms with Gasteiger partial charge in [-0.1, -0.05) is 0 Å². The molecule has 6 nitrogen and oxygen atoms in total. The molecule has 1 aliphatic heterocycles. The van der Waals surface area contributed by atoms with Gasteiger partial charge in [0, 0.05) is 17.6 Å². The molecular formula is C21H14FN3O3S. The molecule has 29 heavy (non-hydrogen) atoms. The molecule has 4 rings (SSSR count). The Kier molecular flexibility index (Phi) is 5.01. The van der Waals surface area contributed by atoms with Crippen LogP contribution in [0.5, 0.6) is 0 Å². The van der Waals surface area contributed by atoms with Crippen molar-refractivity contribution >= 4 is 40.6 Å². The lowest BCUT2D eigenvalue weighted by molar-refractivity contribution is -0.115. The van der Waals surface area contributed by atoms with Gasteiger partial charge in [-0.2, -0.15) is 0 Å². The summed E-state index contributed by atoms with van der Waals surface area (Å²) < 4.78 is 14.9. The predicted octanol–water partition coefficient (Wildman–Crippen LogP) is 4.21. The monoisotopic (exact) mass is 407 g/mol. The maximum absolute atomic E-state index is 13.0. The predicted molar refractivity (Wildman–Crippen MR) is 110 cm³/mol. The van der Waals surface area contributed by atoms with Crippen molar-refractivity contribution < 1.29 is 19.1 Å². The van der Waals surface area contributed by atoms with Crippen molar-refractivity contribution in [1.29, 1.82) is 0 Å². The molecule has 8 heteroatoms. The third kappa shape index (κ3) is 4.12. The van der Waals surface area contributed by atoms with Gasteiger partial charge in [0.05, 0.1) is 16.2 Å². The van der Waals surface area contributed by atoms with Crippen molar-refractivity contribution in [2.75, 3.05) is 0 Å². The Labute approximate surface area is 169 Å². The number of amides is 1. The first-order chi connectivity index (χ1) is 14.0. The number of carbonyl (C=O) groups excluding carboxylic acids is 1. The fourth-order valence-electron chi connectivity index (χ4n) is 2.76. The van der Waals surface area contributed by atoms with Gasteiger partial charge in [-0.3, -0.25) is 4.79 Å². The molecule has 0 aliphatic carbocycles. The molecule has 1 fully saturated rings. The number of aromatic carboxylic acids is 1. The van der Waals surface area contributed by atoms with Gasteiger partial charge in [-0.05, 0) is 78.5 Å². The van der Waals surface area contributed by atoms with Crippen LogP contribution in [0.1, 0.15) is 16.1 Å². The number of carboxylic acid groups (broad SMARTS) is 1. The molecule has 0 atom stereocenters. The molecule has 2 N–H and O–H groups in total. The van der Waals surface area contributed by atoms with E-state index >= 15 is 0 Å². The van der Waals surface area contributed by atoms with Crippen LogP contribution >= 0.6 is 11.8 Å². The van der Waals surface area contributed by atoms with Crippen molar-refractivity contribution in [2.45, 2.75) is 0 Å². The smallest absolute Gasteiger partial charge is 0.335 e. The largest absolute Gasteiger partial charge is 0.478 e. The highest BCUT2D eigenvalue weighted by Crippen LogP contribution is 2.29. The molecule has 1 saturated heterocycles. The maximum Gasteiger partial charge on any atom is 0.335 e. The van der Waals surface area contributed by atoms with E-state index in [1.807, 2.05) is 22.9 Å². The number of carboxylic acids is 1. The Hall–Kier alpha value is -3.65. The number of thioether (sulfide) groups is 1. The Morgan fingerprint density at radius 1 is 1.10 bits per heavy atom. The lowest BCUT2D eigenvalue weighted by atomic mass is 10.2. The topological polar surface area (TPSA) is 83.7 Å². The van der Waals surface area contributed by atoms with Crippen LogP contribution in [-0.2, 0) is 4.79 Å². The number of aliphatic imine (C=N–C) groups is 1. The van der Waals surface area contributed by atoms with Crippen molar-refractivity contribution in [1.82, 2.24) is 9.88 Å². The maximum atomic E-state index is 13.0. The molecule has 144 valence electrons. The van der Waals surface area contributed by atoms with Crippen LogP contribution in [0.15, 0.2) is 76.8 Å². The third-order valence-electron chi connectivity index (χ3n) is 4.16. The zero-order chi connectivity index (χ0) is 20.4. The second-order valence-corrected chi connectivity index (χ2v) is 7.14. The van der Waals surface area contributed by atoms with Gasteiger partial charge in [0.15, 0.2) is 5.17 Å². The number of aromatic nitrogens is 1. The summed E-state index contributed by atoms with van der Waals surface area (Å²) >= 11 is 1.19. The van der Waals surface area contributed by atoms with Crippen LogP contribution in [0.25, 0.3) is 11.8 Å². The lowest BCUT2D eigenvalue weighted by Gasteiger charge is -2.07. The number of nitrogens with zero attached hydrogens (tertiary/aromatic N) is 2. The molecule has 1 aliphatic rings. The van der Waals surface area contributed by atoms with Crippen molar-refractivity contribution in [2.24, 2.45) is 4.99 Å². The summed E-state index contributed by atoms with van der Waals surface area (Å²) in [5.41, 5.74) is 2.27. The first kappa shape index (κ1) is 18.7. The van der Waals surface area contributed by atoms with E-state index in [4.69, 9.17) is 5.11 Å². The number of rotatable bonds is 4. The van der Waals surface area contributed by atoms with Crippen LogP contribution in [0.3, 0.4) is 0 Å². The molecule has 1 amide bonds. The zero-order valence-electron chi connectivity index (χ0n) is 14.9. The number of nitrogens with one attached hydrogen (secondary N) is 1. The summed E-state index contributed by atoms with van der Waals surface area (Å²) in [4.78, 5) is 28.1. The Balaban J connectivity index is 1.59. The zero-order valence-corrected chi connectivity index (χ0v) is 15.7. The standard InChI is InChI=1S/C21H14FN3O3S/c22-14-5-7-15(8-6-14)23-21-24-19(26)18(29-21)12-17-2-1-11-25(17)16-9-3-13(4-10-16)20(27)28/h1-12H,(H,27,28)(H,23,24,26)/b18-12-. The van der Waals surface area contributed by atoms with Crippen molar-refractivity contribution in [3.63, 3.8) is 0 Å². The first-order valence-electron chi connectivity index (χ1n) is 8.56. The van der Waals surface area contributed by atoms with Crippen molar-refractivity contribution in [3.8, 4) is 5.69 Å². The average molecular weight is 407 g/mol. The van der Waals surface area contributed by atoms with E-state index in [1.165, 1.54) is 48.2 Å². The number of carbonyl (C=O) groups is 2. The molecule has 0 saturated carbocycles. The summed E-state index contributed by atoms with van der Waals surface area (Å²) in [6.45, 7) is 0. The second-order valence-electron chi connectivity index (χ2n) is 6.11. The highest BCUT2D eigenvalue weighted by molar-refractivity contribution is 8.18. The van der Waals surface area contributed by atoms with Crippen LogP contribution in [0.4, 0.5) is 10.1 Å². The number of hydrogen-bond acceptors (Lipinski definition) is 4. The van der Waals surface area contributed by atoms with Gasteiger partial charge in [-0.15, -0.1) is 0 Å². The summed E-state index contributed by atoms with van der Waals surface area (Å²) in [6, 6.07) is 15.8. The normalized spacial score (nSPS) is 16.4. The SMILES string of the molecule is O=C1NC(=Nc2ccc(F)cc2)S/C1=C\c1cccn1-c1ccc(C(=O)O)cc1. The molecule has 0 spiro atoms. The highest BCUT2D eigenvalue weighted by Gasteiger charge is 2.24. The number of hydrogen-bond donors (Lipinski definition) is 2. The number of halogens is 1. The fourth-order valence-corrected chi connectivity index (χ4v) is 3.59. The van der Waals surface area contributed by atoms with E-state index in [0.717, 1.165) is 11.4 Å². The van der Waals surface area contributed by atoms with E-state index in [2.05, 4.69) is 10.3 Å². The minimum atomic E-state index is -0.988. The minimum Gasteiger partial charge on any atom is -0.478 e.